The quantitative estimate of drug-likeness (QED) is 0.852. The van der Waals surface area contributed by atoms with Gasteiger partial charge in [-0.05, 0) is 25.0 Å². The fourth-order valence-electron chi connectivity index (χ4n) is 2.74. The summed E-state index contributed by atoms with van der Waals surface area (Å²) in [4.78, 5) is 19.5. The van der Waals surface area contributed by atoms with Crippen molar-refractivity contribution in [2.24, 2.45) is 0 Å². The molecule has 2 heterocycles. The Kier molecular flexibility index (Phi) is 4.43. The van der Waals surface area contributed by atoms with E-state index in [1.54, 1.807) is 16.2 Å². The van der Waals surface area contributed by atoms with Crippen molar-refractivity contribution in [3.8, 4) is 5.75 Å². The van der Waals surface area contributed by atoms with Gasteiger partial charge in [-0.3, -0.25) is 4.79 Å². The maximum absolute atomic E-state index is 12.3. The number of para-hydroxylation sites is 1. The van der Waals surface area contributed by atoms with Crippen LogP contribution in [0.25, 0.3) is 0 Å². The number of benzene rings is 1. The lowest BCUT2D eigenvalue weighted by atomic mass is 10.1. The molecule has 0 aliphatic carbocycles. The van der Waals surface area contributed by atoms with Crippen molar-refractivity contribution in [1.82, 2.24) is 9.88 Å². The Morgan fingerprint density at radius 1 is 1.45 bits per heavy atom. The molecule has 1 aliphatic rings. The number of amides is 1. The average Bonchev–Trinajstić information content (AvgIpc) is 3.10. The van der Waals surface area contributed by atoms with Crippen LogP contribution in [0.2, 0.25) is 0 Å². The maximum atomic E-state index is 12.3. The number of rotatable bonds is 5. The van der Waals surface area contributed by atoms with Crippen LogP contribution in [-0.4, -0.2) is 35.5 Å². The second kappa shape index (κ2) is 6.48. The fraction of sp³-hybridized carbons (Fsp3) is 0.412. The molecular weight excluding hydrogens is 296 g/mol. The van der Waals surface area contributed by atoms with Crippen LogP contribution in [0, 0.1) is 6.92 Å². The van der Waals surface area contributed by atoms with Crippen LogP contribution < -0.4 is 4.74 Å². The summed E-state index contributed by atoms with van der Waals surface area (Å²) >= 11 is 1.62. The maximum Gasteiger partial charge on any atom is 0.222 e. The van der Waals surface area contributed by atoms with E-state index in [-0.39, 0.29) is 12.0 Å². The highest BCUT2D eigenvalue weighted by Gasteiger charge is 2.24. The highest BCUT2D eigenvalue weighted by Crippen LogP contribution is 2.28. The van der Waals surface area contributed by atoms with Gasteiger partial charge in [-0.15, -0.1) is 11.3 Å². The number of nitrogens with zero attached hydrogens (tertiary/aromatic N) is 2. The summed E-state index contributed by atoms with van der Waals surface area (Å²) in [5.41, 5.74) is 4.10. The summed E-state index contributed by atoms with van der Waals surface area (Å²) in [6, 6.07) is 8.08. The topological polar surface area (TPSA) is 42.4 Å². The molecule has 5 heteroatoms. The highest BCUT2D eigenvalue weighted by atomic mass is 32.1. The fourth-order valence-corrected chi connectivity index (χ4v) is 3.52. The van der Waals surface area contributed by atoms with Gasteiger partial charge in [-0.25, -0.2) is 4.98 Å². The first kappa shape index (κ1) is 15.0. The average molecular weight is 316 g/mol. The number of aryl methyl sites for hydroxylation is 2. The van der Waals surface area contributed by atoms with Crippen LogP contribution in [-0.2, 0) is 17.6 Å². The van der Waals surface area contributed by atoms with Crippen molar-refractivity contribution in [3.63, 3.8) is 0 Å². The number of thiazole rings is 1. The third kappa shape index (κ3) is 3.30. The molecule has 0 saturated heterocycles. The molecule has 1 aliphatic heterocycles. The minimum absolute atomic E-state index is 0.0662. The van der Waals surface area contributed by atoms with E-state index in [0.717, 1.165) is 24.3 Å². The van der Waals surface area contributed by atoms with E-state index >= 15 is 0 Å². The van der Waals surface area contributed by atoms with E-state index in [4.69, 9.17) is 4.74 Å². The first-order chi connectivity index (χ1) is 10.6. The van der Waals surface area contributed by atoms with Crippen LogP contribution in [0.15, 0.2) is 29.8 Å². The van der Waals surface area contributed by atoms with Crippen LogP contribution >= 0.6 is 11.3 Å². The lowest BCUT2D eigenvalue weighted by molar-refractivity contribution is -0.130. The molecule has 4 nitrogen and oxygen atoms in total. The minimum Gasteiger partial charge on any atom is -0.488 e. The summed E-state index contributed by atoms with van der Waals surface area (Å²) in [5, 5.41) is 0. The van der Waals surface area contributed by atoms with Crippen molar-refractivity contribution >= 4 is 17.2 Å². The van der Waals surface area contributed by atoms with Gasteiger partial charge in [-0.1, -0.05) is 18.2 Å². The van der Waals surface area contributed by atoms with Gasteiger partial charge in [0.05, 0.1) is 17.7 Å². The van der Waals surface area contributed by atoms with Gasteiger partial charge >= 0.3 is 0 Å². The van der Waals surface area contributed by atoms with Gasteiger partial charge in [0, 0.05) is 24.8 Å². The van der Waals surface area contributed by atoms with E-state index in [0.29, 0.717) is 13.0 Å². The molecule has 0 bridgehead atoms. The lowest BCUT2D eigenvalue weighted by Crippen LogP contribution is -2.36. The second-order valence-electron chi connectivity index (χ2n) is 5.69. The van der Waals surface area contributed by atoms with Gasteiger partial charge in [-0.2, -0.15) is 0 Å². The zero-order chi connectivity index (χ0) is 15.5. The first-order valence-electron chi connectivity index (χ1n) is 7.51. The van der Waals surface area contributed by atoms with E-state index < -0.39 is 0 Å². The zero-order valence-electron chi connectivity index (χ0n) is 12.9. The predicted molar refractivity (Wildman–Crippen MR) is 87.4 cm³/mol. The number of hydrogen-bond acceptors (Lipinski definition) is 4. The van der Waals surface area contributed by atoms with Crippen LogP contribution in [0.1, 0.15) is 22.6 Å². The molecule has 1 amide bonds. The first-order valence-corrected chi connectivity index (χ1v) is 8.39. The number of hydrogen-bond donors (Lipinski definition) is 0. The molecule has 0 N–H and O–H groups in total. The van der Waals surface area contributed by atoms with E-state index in [2.05, 4.69) is 11.1 Å². The Morgan fingerprint density at radius 3 is 3.00 bits per heavy atom. The van der Waals surface area contributed by atoms with Crippen LogP contribution in [0.3, 0.4) is 0 Å². The molecule has 1 aromatic carbocycles. The van der Waals surface area contributed by atoms with Crippen molar-refractivity contribution in [2.75, 3.05) is 13.6 Å². The lowest BCUT2D eigenvalue weighted by Gasteiger charge is -2.21. The van der Waals surface area contributed by atoms with Crippen molar-refractivity contribution < 1.29 is 9.53 Å². The van der Waals surface area contributed by atoms with Gasteiger partial charge in [0.15, 0.2) is 0 Å². The molecule has 1 atom stereocenters. The number of carbonyl (C=O) groups is 1. The summed E-state index contributed by atoms with van der Waals surface area (Å²) in [7, 11) is 1.86. The predicted octanol–water partition coefficient (Wildman–Crippen LogP) is 2.85. The standard InChI is InChI=1S/C17H20N2O2S/c1-12-16(22-11-18-12)7-8-17(20)19(2)10-14-9-13-5-3-4-6-15(13)21-14/h3-6,11,14H,7-10H2,1-2H3. The molecule has 2 aromatic rings. The minimum atomic E-state index is 0.0662. The third-order valence-electron chi connectivity index (χ3n) is 4.03. The van der Waals surface area contributed by atoms with Crippen LogP contribution in [0.4, 0.5) is 0 Å². The molecule has 116 valence electrons. The van der Waals surface area contributed by atoms with Gasteiger partial charge in [0.1, 0.15) is 11.9 Å². The number of aromatic nitrogens is 1. The largest absolute Gasteiger partial charge is 0.488 e. The Labute approximate surface area is 134 Å². The Bertz CT molecular complexity index is 643. The third-order valence-corrected chi connectivity index (χ3v) is 5.02. The van der Waals surface area contributed by atoms with Crippen LogP contribution in [0.5, 0.6) is 5.75 Å². The Hall–Kier alpha value is -1.88. The zero-order valence-corrected chi connectivity index (χ0v) is 13.7. The monoisotopic (exact) mass is 316 g/mol. The number of carbonyl (C=O) groups excluding carboxylic acids is 1. The number of fused-ring (bicyclic) bond motifs is 1. The van der Waals surface area contributed by atoms with E-state index in [9.17, 15) is 4.79 Å². The SMILES string of the molecule is Cc1ncsc1CCC(=O)N(C)CC1Cc2ccccc2O1. The molecule has 0 radical (unpaired) electrons. The van der Waals surface area contributed by atoms with Crippen molar-refractivity contribution in [1.29, 1.82) is 0 Å². The van der Waals surface area contributed by atoms with Crippen molar-refractivity contribution in [3.05, 3.63) is 45.9 Å². The second-order valence-corrected chi connectivity index (χ2v) is 6.63. The van der Waals surface area contributed by atoms with E-state index in [1.165, 1.54) is 10.4 Å². The van der Waals surface area contributed by atoms with Gasteiger partial charge in [0.2, 0.25) is 5.91 Å². The molecule has 0 fully saturated rings. The molecule has 1 unspecified atom stereocenters. The van der Waals surface area contributed by atoms with E-state index in [1.807, 2.05) is 37.7 Å². The highest BCUT2D eigenvalue weighted by molar-refractivity contribution is 7.09. The summed E-state index contributed by atoms with van der Waals surface area (Å²) in [6.07, 6.45) is 2.24. The number of ether oxygens (including phenoxy) is 1. The summed E-state index contributed by atoms with van der Waals surface area (Å²) in [6.45, 7) is 2.62. The normalized spacial score (nSPS) is 16.2. The van der Waals surface area contributed by atoms with Crippen molar-refractivity contribution in [2.45, 2.75) is 32.3 Å². The smallest absolute Gasteiger partial charge is 0.222 e. The van der Waals surface area contributed by atoms with Gasteiger partial charge < -0.3 is 9.64 Å². The summed E-state index contributed by atoms with van der Waals surface area (Å²) < 4.78 is 5.90. The van der Waals surface area contributed by atoms with Gasteiger partial charge in [0.25, 0.3) is 0 Å². The molecule has 0 saturated carbocycles. The molecular formula is C17H20N2O2S. The molecule has 3 rings (SSSR count). The Morgan fingerprint density at radius 2 is 2.27 bits per heavy atom. The molecule has 0 spiro atoms. The summed E-state index contributed by atoms with van der Waals surface area (Å²) in [5.74, 6) is 1.11. The molecule has 22 heavy (non-hydrogen) atoms. The Balaban J connectivity index is 1.49. The number of likely N-dealkylation sites (N-methyl/N-ethyl adjacent to an activating group) is 1. The molecule has 1 aromatic heterocycles.